The Bertz CT molecular complexity index is 578. The highest BCUT2D eigenvalue weighted by atomic mass is 32.2. The highest BCUT2D eigenvalue weighted by Gasteiger charge is 2.32. The molecule has 1 aliphatic carbocycles. The Hall–Kier alpha value is -0.890. The van der Waals surface area contributed by atoms with E-state index in [2.05, 4.69) is 0 Å². The van der Waals surface area contributed by atoms with Gasteiger partial charge in [0.25, 0.3) is 0 Å². The molecule has 1 unspecified atom stereocenters. The van der Waals surface area contributed by atoms with E-state index in [4.69, 9.17) is 4.74 Å². The lowest BCUT2D eigenvalue weighted by Gasteiger charge is -2.26. The van der Waals surface area contributed by atoms with Crippen molar-refractivity contribution in [1.82, 2.24) is 8.87 Å². The third-order valence-corrected chi connectivity index (χ3v) is 5.88. The largest absolute Gasteiger partial charge is 0.390 e. The van der Waals surface area contributed by atoms with E-state index >= 15 is 0 Å². The van der Waals surface area contributed by atoms with Gasteiger partial charge < -0.3 is 14.4 Å². The molecule has 1 heterocycles. The van der Waals surface area contributed by atoms with Crippen molar-refractivity contribution in [3.63, 3.8) is 0 Å². The van der Waals surface area contributed by atoms with Crippen molar-refractivity contribution >= 4 is 10.0 Å². The molecule has 120 valence electrons. The standard InChI is InChI=1S/C14H24N2O4S/c1-4-16(11(2)10-20-3)21(18,19)14-7-13(9-17)15(8-14)12-5-6-12/h7-8,11-12,17H,4-6,9-10H2,1-3H3. The molecule has 0 radical (unpaired) electrons. The summed E-state index contributed by atoms with van der Waals surface area (Å²) in [7, 11) is -2.01. The van der Waals surface area contributed by atoms with Crippen LogP contribution in [-0.4, -0.2) is 48.7 Å². The molecule has 0 aromatic carbocycles. The van der Waals surface area contributed by atoms with Crippen LogP contribution >= 0.6 is 0 Å². The first kappa shape index (κ1) is 16.5. The molecule has 7 heteroatoms. The van der Waals surface area contributed by atoms with E-state index < -0.39 is 10.0 Å². The monoisotopic (exact) mass is 316 g/mol. The van der Waals surface area contributed by atoms with Crippen LogP contribution in [-0.2, 0) is 21.4 Å². The predicted molar refractivity (Wildman–Crippen MR) is 79.5 cm³/mol. The molecule has 0 spiro atoms. The fourth-order valence-electron chi connectivity index (χ4n) is 2.64. The fourth-order valence-corrected chi connectivity index (χ4v) is 4.31. The summed E-state index contributed by atoms with van der Waals surface area (Å²) in [5, 5.41) is 9.41. The second-order valence-electron chi connectivity index (χ2n) is 5.48. The Balaban J connectivity index is 2.33. The Kier molecular flexibility index (Phi) is 5.08. The number of hydrogen-bond donors (Lipinski definition) is 1. The normalized spacial score (nSPS) is 17.4. The topological polar surface area (TPSA) is 71.8 Å². The minimum Gasteiger partial charge on any atom is -0.390 e. The third kappa shape index (κ3) is 3.31. The molecule has 1 aliphatic rings. The Morgan fingerprint density at radius 2 is 2.19 bits per heavy atom. The summed E-state index contributed by atoms with van der Waals surface area (Å²) >= 11 is 0. The first-order chi connectivity index (χ1) is 9.95. The van der Waals surface area contributed by atoms with Crippen LogP contribution in [0.1, 0.15) is 38.4 Å². The molecule has 2 rings (SSSR count). The molecule has 0 saturated heterocycles. The molecule has 6 nitrogen and oxygen atoms in total. The van der Waals surface area contributed by atoms with Gasteiger partial charge in [-0.05, 0) is 25.8 Å². The number of hydrogen-bond acceptors (Lipinski definition) is 4. The quantitative estimate of drug-likeness (QED) is 0.786. The Labute approximate surface area is 126 Å². The lowest BCUT2D eigenvalue weighted by Crippen LogP contribution is -2.40. The van der Waals surface area contributed by atoms with Crippen molar-refractivity contribution in [3.05, 3.63) is 18.0 Å². The minimum atomic E-state index is -3.57. The first-order valence-corrected chi connectivity index (χ1v) is 8.72. The van der Waals surface area contributed by atoms with Gasteiger partial charge in [-0.1, -0.05) is 6.92 Å². The van der Waals surface area contributed by atoms with E-state index in [1.54, 1.807) is 19.4 Å². The molecule has 1 atom stereocenters. The smallest absolute Gasteiger partial charge is 0.244 e. The van der Waals surface area contributed by atoms with Gasteiger partial charge in [-0.25, -0.2) is 8.42 Å². The number of likely N-dealkylation sites (N-methyl/N-ethyl adjacent to an activating group) is 1. The molecule has 21 heavy (non-hydrogen) atoms. The summed E-state index contributed by atoms with van der Waals surface area (Å²) < 4.78 is 33.9. The van der Waals surface area contributed by atoms with E-state index in [9.17, 15) is 13.5 Å². The Morgan fingerprint density at radius 1 is 1.52 bits per heavy atom. The van der Waals surface area contributed by atoms with E-state index in [1.165, 1.54) is 4.31 Å². The maximum Gasteiger partial charge on any atom is 0.244 e. The van der Waals surface area contributed by atoms with Crippen LogP contribution in [0.25, 0.3) is 0 Å². The maximum absolute atomic E-state index is 12.8. The molecular formula is C14H24N2O4S. The van der Waals surface area contributed by atoms with Gasteiger partial charge in [-0.15, -0.1) is 0 Å². The van der Waals surface area contributed by atoms with Gasteiger partial charge in [0.1, 0.15) is 4.90 Å². The van der Waals surface area contributed by atoms with Gasteiger partial charge in [0.05, 0.1) is 13.2 Å². The average molecular weight is 316 g/mol. The molecule has 1 fully saturated rings. The van der Waals surface area contributed by atoms with Gasteiger partial charge >= 0.3 is 0 Å². The second-order valence-corrected chi connectivity index (χ2v) is 7.37. The lowest BCUT2D eigenvalue weighted by molar-refractivity contribution is 0.142. The lowest BCUT2D eigenvalue weighted by atomic mass is 10.4. The zero-order valence-corrected chi connectivity index (χ0v) is 13.6. The third-order valence-electron chi connectivity index (χ3n) is 3.83. The minimum absolute atomic E-state index is 0.147. The predicted octanol–water partition coefficient (Wildman–Crippen LogP) is 1.36. The van der Waals surface area contributed by atoms with E-state index in [0.29, 0.717) is 24.9 Å². The number of aliphatic hydroxyl groups excluding tert-OH is 1. The van der Waals surface area contributed by atoms with Crippen molar-refractivity contribution in [1.29, 1.82) is 0 Å². The number of nitrogens with zero attached hydrogens (tertiary/aromatic N) is 2. The number of ether oxygens (including phenoxy) is 1. The summed E-state index contributed by atoms with van der Waals surface area (Å²) in [4.78, 5) is 0.253. The van der Waals surface area contributed by atoms with Crippen molar-refractivity contribution in [2.75, 3.05) is 20.3 Å². The van der Waals surface area contributed by atoms with Gasteiger partial charge in [-0.2, -0.15) is 4.31 Å². The zero-order valence-electron chi connectivity index (χ0n) is 12.8. The summed E-state index contributed by atoms with van der Waals surface area (Å²) in [5.41, 5.74) is 0.659. The average Bonchev–Trinajstić information content (AvgIpc) is 3.18. The van der Waals surface area contributed by atoms with Crippen molar-refractivity contribution in [2.45, 2.75) is 50.3 Å². The number of rotatable bonds is 8. The number of aliphatic hydroxyl groups is 1. The highest BCUT2D eigenvalue weighted by Crippen LogP contribution is 2.37. The molecule has 1 N–H and O–H groups in total. The number of aromatic nitrogens is 1. The molecule has 1 aromatic rings. The van der Waals surface area contributed by atoms with Crippen molar-refractivity contribution in [2.24, 2.45) is 0 Å². The van der Waals surface area contributed by atoms with Crippen LogP contribution in [0.2, 0.25) is 0 Å². The summed E-state index contributed by atoms with van der Waals surface area (Å²) in [6.07, 6.45) is 3.73. The van der Waals surface area contributed by atoms with Crippen LogP contribution in [0, 0.1) is 0 Å². The van der Waals surface area contributed by atoms with E-state index in [-0.39, 0.29) is 17.5 Å². The maximum atomic E-state index is 12.8. The van der Waals surface area contributed by atoms with E-state index in [1.807, 2.05) is 18.4 Å². The molecule has 1 aromatic heterocycles. The number of methoxy groups -OCH3 is 1. The highest BCUT2D eigenvalue weighted by molar-refractivity contribution is 7.89. The summed E-state index contributed by atoms with van der Waals surface area (Å²) in [6.45, 7) is 4.23. The summed E-state index contributed by atoms with van der Waals surface area (Å²) in [6, 6.07) is 1.69. The zero-order chi connectivity index (χ0) is 15.6. The van der Waals surface area contributed by atoms with Crippen LogP contribution in [0.5, 0.6) is 0 Å². The Morgan fingerprint density at radius 3 is 2.67 bits per heavy atom. The van der Waals surface area contributed by atoms with Gasteiger partial charge in [0.15, 0.2) is 0 Å². The molecule has 0 aliphatic heterocycles. The molecule has 0 bridgehead atoms. The van der Waals surface area contributed by atoms with Gasteiger partial charge in [0.2, 0.25) is 10.0 Å². The molecule has 1 saturated carbocycles. The van der Waals surface area contributed by atoms with Crippen LogP contribution < -0.4 is 0 Å². The SMILES string of the molecule is CCN(C(C)COC)S(=O)(=O)c1cc(CO)n(C2CC2)c1. The van der Waals surface area contributed by atoms with Crippen LogP contribution in [0.4, 0.5) is 0 Å². The summed E-state index contributed by atoms with van der Waals surface area (Å²) in [5.74, 6) is 0. The van der Waals surface area contributed by atoms with E-state index in [0.717, 1.165) is 12.8 Å². The molecule has 0 amide bonds. The second kappa shape index (κ2) is 6.48. The molecular weight excluding hydrogens is 292 g/mol. The van der Waals surface area contributed by atoms with Gasteiger partial charge in [0, 0.05) is 37.6 Å². The number of sulfonamides is 1. The van der Waals surface area contributed by atoms with Crippen LogP contribution in [0.3, 0.4) is 0 Å². The first-order valence-electron chi connectivity index (χ1n) is 7.28. The van der Waals surface area contributed by atoms with Crippen LogP contribution in [0.15, 0.2) is 17.2 Å². The van der Waals surface area contributed by atoms with Crippen molar-refractivity contribution in [3.8, 4) is 0 Å². The fraction of sp³-hybridized carbons (Fsp3) is 0.714. The van der Waals surface area contributed by atoms with Crippen molar-refractivity contribution < 1.29 is 18.3 Å². The van der Waals surface area contributed by atoms with Gasteiger partial charge in [-0.3, -0.25) is 0 Å².